The number of morpholine rings is 1. The van der Waals surface area contributed by atoms with Gasteiger partial charge in [-0.15, -0.1) is 0 Å². The van der Waals surface area contributed by atoms with Crippen LogP contribution in [-0.4, -0.2) is 51.5 Å². The predicted octanol–water partition coefficient (Wildman–Crippen LogP) is -0.924. The van der Waals surface area contributed by atoms with Crippen LogP contribution < -0.4 is 16.0 Å². The first kappa shape index (κ1) is 15.7. The molecule has 0 atom stereocenters. The number of hydrogen-bond acceptors (Lipinski definition) is 6. The molecule has 8 nitrogen and oxygen atoms in total. The number of amides is 1. The number of carbonyl (C=O) groups excluding carboxylic acids is 1. The average Bonchev–Trinajstić information content (AvgIpc) is 2.53. The largest absolute Gasteiger partial charge is 0.484 e. The van der Waals surface area contributed by atoms with Crippen LogP contribution in [0, 0.1) is 0 Å². The third-order valence-corrected chi connectivity index (χ3v) is 4.88. The highest BCUT2D eigenvalue weighted by atomic mass is 32.2. The van der Waals surface area contributed by atoms with Crippen LogP contribution in [0.4, 0.5) is 0 Å². The molecule has 0 radical (unpaired) electrons. The molecule has 0 unspecified atom stereocenters. The van der Waals surface area contributed by atoms with Gasteiger partial charge in [0, 0.05) is 13.1 Å². The molecule has 1 heterocycles. The summed E-state index contributed by atoms with van der Waals surface area (Å²) in [6.07, 6.45) is 0. The number of sulfonamides is 1. The molecule has 1 aromatic carbocycles. The van der Waals surface area contributed by atoms with Crippen LogP contribution in [0.5, 0.6) is 5.75 Å². The summed E-state index contributed by atoms with van der Waals surface area (Å²) in [4.78, 5) is 11.1. The molecule has 0 bridgehead atoms. The number of nitrogens with one attached hydrogen (secondary N) is 1. The molecule has 21 heavy (non-hydrogen) atoms. The minimum Gasteiger partial charge on any atom is -0.484 e. The van der Waals surface area contributed by atoms with E-state index in [0.29, 0.717) is 32.1 Å². The highest BCUT2D eigenvalue weighted by Crippen LogP contribution is 2.20. The first-order valence-corrected chi connectivity index (χ1v) is 7.78. The second-order valence-electron chi connectivity index (χ2n) is 4.34. The van der Waals surface area contributed by atoms with E-state index in [9.17, 15) is 13.2 Å². The van der Waals surface area contributed by atoms with Crippen molar-refractivity contribution in [3.8, 4) is 5.75 Å². The van der Waals surface area contributed by atoms with Gasteiger partial charge in [-0.25, -0.2) is 14.3 Å². The Morgan fingerprint density at radius 2 is 1.90 bits per heavy atom. The SMILES string of the molecule is NNC(=O)COc1ccc(S(=O)(=O)N2CCOCC2)cc1. The minimum atomic E-state index is -3.52. The van der Waals surface area contributed by atoms with Crippen LogP contribution in [0.2, 0.25) is 0 Å². The number of rotatable bonds is 5. The number of hydrazine groups is 1. The van der Waals surface area contributed by atoms with E-state index >= 15 is 0 Å². The molecule has 0 spiro atoms. The Balaban J connectivity index is 2.05. The zero-order valence-corrected chi connectivity index (χ0v) is 12.1. The lowest BCUT2D eigenvalue weighted by atomic mass is 10.3. The fourth-order valence-electron chi connectivity index (χ4n) is 1.83. The van der Waals surface area contributed by atoms with Crippen molar-refractivity contribution in [3.05, 3.63) is 24.3 Å². The summed E-state index contributed by atoms with van der Waals surface area (Å²) in [5.74, 6) is 4.84. The first-order chi connectivity index (χ1) is 10.0. The molecule has 1 amide bonds. The van der Waals surface area contributed by atoms with Gasteiger partial charge in [0.2, 0.25) is 10.0 Å². The second kappa shape index (κ2) is 6.85. The molecule has 0 aliphatic carbocycles. The Kier molecular flexibility index (Phi) is 5.12. The quantitative estimate of drug-likeness (QED) is 0.413. The van der Waals surface area contributed by atoms with E-state index < -0.39 is 15.9 Å². The smallest absolute Gasteiger partial charge is 0.271 e. The van der Waals surface area contributed by atoms with Gasteiger partial charge in [-0.2, -0.15) is 4.31 Å². The Hall–Kier alpha value is -1.68. The molecule has 1 aliphatic heterocycles. The van der Waals surface area contributed by atoms with Crippen molar-refractivity contribution < 1.29 is 22.7 Å². The molecule has 9 heteroatoms. The van der Waals surface area contributed by atoms with Gasteiger partial charge in [-0.05, 0) is 24.3 Å². The summed E-state index contributed by atoms with van der Waals surface area (Å²) in [5, 5.41) is 0. The van der Waals surface area contributed by atoms with E-state index in [1.54, 1.807) is 0 Å². The van der Waals surface area contributed by atoms with Gasteiger partial charge in [0.05, 0.1) is 18.1 Å². The van der Waals surface area contributed by atoms with Crippen LogP contribution in [0.25, 0.3) is 0 Å². The second-order valence-corrected chi connectivity index (χ2v) is 6.28. The van der Waals surface area contributed by atoms with Crippen LogP contribution in [0.3, 0.4) is 0 Å². The van der Waals surface area contributed by atoms with Crippen molar-refractivity contribution in [1.82, 2.24) is 9.73 Å². The zero-order valence-electron chi connectivity index (χ0n) is 11.3. The lowest BCUT2D eigenvalue weighted by molar-refractivity contribution is -0.123. The molecule has 1 aromatic rings. The molecule has 3 N–H and O–H groups in total. The standard InChI is InChI=1S/C12H17N3O5S/c13-14-12(16)9-20-10-1-3-11(4-2-10)21(17,18)15-5-7-19-8-6-15/h1-4H,5-9,13H2,(H,14,16). The van der Waals surface area contributed by atoms with Crippen LogP contribution in [0.15, 0.2) is 29.2 Å². The zero-order chi connectivity index (χ0) is 15.3. The van der Waals surface area contributed by atoms with E-state index in [4.69, 9.17) is 15.3 Å². The number of carbonyl (C=O) groups is 1. The van der Waals surface area contributed by atoms with Crippen molar-refractivity contribution in [2.45, 2.75) is 4.90 Å². The molecule has 1 saturated heterocycles. The number of nitrogens with zero attached hydrogens (tertiary/aromatic N) is 1. The van der Waals surface area contributed by atoms with E-state index in [1.165, 1.54) is 28.6 Å². The highest BCUT2D eigenvalue weighted by Gasteiger charge is 2.26. The molecular formula is C12H17N3O5S. The van der Waals surface area contributed by atoms with Crippen LogP contribution in [-0.2, 0) is 19.6 Å². The van der Waals surface area contributed by atoms with Crippen LogP contribution in [0.1, 0.15) is 0 Å². The topological polar surface area (TPSA) is 111 Å². The van der Waals surface area contributed by atoms with Gasteiger partial charge in [0.25, 0.3) is 5.91 Å². The van der Waals surface area contributed by atoms with E-state index in [0.717, 1.165) is 0 Å². The molecule has 0 aromatic heterocycles. The Bertz CT molecular complexity index is 581. The number of hydrogen-bond donors (Lipinski definition) is 2. The number of ether oxygens (including phenoxy) is 2. The predicted molar refractivity (Wildman–Crippen MR) is 73.8 cm³/mol. The van der Waals surface area contributed by atoms with Gasteiger partial charge in [0.15, 0.2) is 6.61 Å². The fourth-order valence-corrected chi connectivity index (χ4v) is 3.24. The maximum absolute atomic E-state index is 12.4. The van der Waals surface area contributed by atoms with Crippen molar-refractivity contribution in [1.29, 1.82) is 0 Å². The Labute approximate surface area is 122 Å². The monoisotopic (exact) mass is 315 g/mol. The summed E-state index contributed by atoms with van der Waals surface area (Å²) in [6.45, 7) is 1.25. The van der Waals surface area contributed by atoms with Crippen molar-refractivity contribution >= 4 is 15.9 Å². The third-order valence-electron chi connectivity index (χ3n) is 2.96. The lowest BCUT2D eigenvalue weighted by Crippen LogP contribution is -2.40. The summed E-state index contributed by atoms with van der Waals surface area (Å²) in [6, 6.07) is 5.88. The molecule has 1 aliphatic rings. The number of nitrogens with two attached hydrogens (primary N) is 1. The molecule has 0 saturated carbocycles. The van der Waals surface area contributed by atoms with Gasteiger partial charge < -0.3 is 9.47 Å². The maximum Gasteiger partial charge on any atom is 0.271 e. The van der Waals surface area contributed by atoms with E-state index in [-0.39, 0.29) is 11.5 Å². The van der Waals surface area contributed by atoms with Crippen molar-refractivity contribution in [2.24, 2.45) is 5.84 Å². The third kappa shape index (κ3) is 3.91. The van der Waals surface area contributed by atoms with E-state index in [1.807, 2.05) is 5.43 Å². The molecular weight excluding hydrogens is 298 g/mol. The maximum atomic E-state index is 12.4. The summed E-state index contributed by atoms with van der Waals surface area (Å²) >= 11 is 0. The lowest BCUT2D eigenvalue weighted by Gasteiger charge is -2.26. The first-order valence-electron chi connectivity index (χ1n) is 6.34. The molecule has 2 rings (SSSR count). The van der Waals surface area contributed by atoms with Gasteiger partial charge in [-0.1, -0.05) is 0 Å². The summed E-state index contributed by atoms with van der Waals surface area (Å²) in [7, 11) is -3.52. The fraction of sp³-hybridized carbons (Fsp3) is 0.417. The number of benzene rings is 1. The summed E-state index contributed by atoms with van der Waals surface area (Å²) in [5.41, 5.74) is 1.94. The van der Waals surface area contributed by atoms with Crippen LogP contribution >= 0.6 is 0 Å². The van der Waals surface area contributed by atoms with Crippen molar-refractivity contribution in [3.63, 3.8) is 0 Å². The minimum absolute atomic E-state index is 0.181. The average molecular weight is 315 g/mol. The normalized spacial score (nSPS) is 16.4. The molecule has 116 valence electrons. The van der Waals surface area contributed by atoms with Gasteiger partial charge >= 0.3 is 0 Å². The molecule has 1 fully saturated rings. The Morgan fingerprint density at radius 1 is 1.29 bits per heavy atom. The van der Waals surface area contributed by atoms with Crippen molar-refractivity contribution in [2.75, 3.05) is 32.9 Å². The van der Waals surface area contributed by atoms with E-state index in [2.05, 4.69) is 0 Å². The highest BCUT2D eigenvalue weighted by molar-refractivity contribution is 7.89. The summed E-state index contributed by atoms with van der Waals surface area (Å²) < 4.78 is 36.4. The van der Waals surface area contributed by atoms with Gasteiger partial charge in [0.1, 0.15) is 5.75 Å². The Morgan fingerprint density at radius 3 is 2.48 bits per heavy atom. The van der Waals surface area contributed by atoms with Gasteiger partial charge in [-0.3, -0.25) is 10.2 Å².